The summed E-state index contributed by atoms with van der Waals surface area (Å²) in [5.74, 6) is -0.255. The van der Waals surface area contributed by atoms with Gasteiger partial charge in [-0.3, -0.25) is 4.79 Å². The maximum Gasteiger partial charge on any atom is 0.408 e. The molecule has 0 aliphatic carbocycles. The van der Waals surface area contributed by atoms with Crippen LogP contribution in [0.15, 0.2) is 54.6 Å². The average Bonchev–Trinajstić information content (AvgIpc) is 2.91. The van der Waals surface area contributed by atoms with Gasteiger partial charge in [-0.15, -0.1) is 0 Å². The molecule has 7 nitrogen and oxygen atoms in total. The lowest BCUT2D eigenvalue weighted by Crippen LogP contribution is -2.51. The van der Waals surface area contributed by atoms with Gasteiger partial charge in [0.15, 0.2) is 0 Å². The smallest absolute Gasteiger partial charge is 0.408 e. The molecule has 0 saturated carbocycles. The molecule has 4 rings (SSSR count). The second-order valence-corrected chi connectivity index (χ2v) is 9.43. The zero-order valence-corrected chi connectivity index (χ0v) is 19.8. The first kappa shape index (κ1) is 23.1. The number of fused-ring (bicyclic) bond motifs is 2. The normalized spacial score (nSPS) is 15.7. The van der Waals surface area contributed by atoms with Crippen molar-refractivity contribution in [3.8, 4) is 6.07 Å². The summed E-state index contributed by atoms with van der Waals surface area (Å²) in [5, 5.41) is 17.5. The first-order chi connectivity index (χ1) is 16.2. The van der Waals surface area contributed by atoms with E-state index in [9.17, 15) is 14.9 Å². The minimum atomic E-state index is -0.844. The minimum Gasteiger partial charge on any atom is -0.444 e. The molecule has 3 aromatic rings. The molecule has 0 bridgehead atoms. The first-order valence-corrected chi connectivity index (χ1v) is 11.2. The maximum atomic E-state index is 13.8. The van der Waals surface area contributed by atoms with Crippen LogP contribution in [0.4, 0.5) is 16.2 Å². The molecule has 0 unspecified atom stereocenters. The molecule has 0 fully saturated rings. The summed E-state index contributed by atoms with van der Waals surface area (Å²) in [6, 6.07) is 18.7. The Labute approximate surface area is 199 Å². The van der Waals surface area contributed by atoms with E-state index < -0.39 is 17.7 Å². The summed E-state index contributed by atoms with van der Waals surface area (Å²) >= 11 is 0. The van der Waals surface area contributed by atoms with Crippen LogP contribution in [0.3, 0.4) is 0 Å². The fourth-order valence-corrected chi connectivity index (χ4v) is 4.13. The molecule has 0 radical (unpaired) electrons. The Bertz CT molecular complexity index is 1300. The minimum absolute atomic E-state index is 0.172. The predicted octanol–water partition coefficient (Wildman–Crippen LogP) is 4.87. The Balaban J connectivity index is 1.75. The second-order valence-electron chi connectivity index (χ2n) is 9.43. The van der Waals surface area contributed by atoms with E-state index in [1.165, 1.54) is 0 Å². The number of ether oxygens (including phenoxy) is 1. The van der Waals surface area contributed by atoms with Crippen LogP contribution in [-0.4, -0.2) is 30.2 Å². The van der Waals surface area contributed by atoms with E-state index in [1.807, 2.05) is 37.3 Å². The summed E-state index contributed by atoms with van der Waals surface area (Å²) in [7, 11) is 0. The van der Waals surface area contributed by atoms with Gasteiger partial charge in [0.25, 0.3) is 5.91 Å². The SMILES string of the molecule is Cc1ccc2ccccc2c1CN1C(=O)[C@@H](NC(=O)OC(C)(C)C)CNc2cc(C#N)ccc21. The van der Waals surface area contributed by atoms with Crippen molar-refractivity contribution in [2.24, 2.45) is 0 Å². The Morgan fingerprint density at radius 2 is 1.97 bits per heavy atom. The Morgan fingerprint density at radius 1 is 1.21 bits per heavy atom. The van der Waals surface area contributed by atoms with Gasteiger partial charge in [-0.05, 0) is 67.8 Å². The van der Waals surface area contributed by atoms with Crippen molar-refractivity contribution in [1.29, 1.82) is 5.26 Å². The average molecular weight is 457 g/mol. The molecule has 0 spiro atoms. The van der Waals surface area contributed by atoms with Crippen molar-refractivity contribution in [1.82, 2.24) is 5.32 Å². The number of nitriles is 1. The van der Waals surface area contributed by atoms with Crippen molar-refractivity contribution in [3.05, 3.63) is 71.3 Å². The van der Waals surface area contributed by atoms with E-state index in [2.05, 4.69) is 22.8 Å². The van der Waals surface area contributed by atoms with Crippen LogP contribution in [0.25, 0.3) is 10.8 Å². The highest BCUT2D eigenvalue weighted by Crippen LogP contribution is 2.33. The number of nitrogens with one attached hydrogen (secondary N) is 2. The van der Waals surface area contributed by atoms with E-state index in [0.717, 1.165) is 21.9 Å². The van der Waals surface area contributed by atoms with Crippen LogP contribution >= 0.6 is 0 Å². The topological polar surface area (TPSA) is 94.5 Å². The summed E-state index contributed by atoms with van der Waals surface area (Å²) in [4.78, 5) is 27.9. The first-order valence-electron chi connectivity index (χ1n) is 11.2. The molecule has 34 heavy (non-hydrogen) atoms. The van der Waals surface area contributed by atoms with Gasteiger partial charge in [0.05, 0.1) is 29.6 Å². The van der Waals surface area contributed by atoms with E-state index in [4.69, 9.17) is 4.74 Å². The third-order valence-electron chi connectivity index (χ3n) is 5.76. The van der Waals surface area contributed by atoms with E-state index in [0.29, 0.717) is 23.5 Å². The van der Waals surface area contributed by atoms with E-state index in [-0.39, 0.29) is 12.5 Å². The summed E-state index contributed by atoms with van der Waals surface area (Å²) in [6.45, 7) is 7.83. The standard InChI is InChI=1S/C27H28N4O3/c1-17-9-11-19-7-5-6-8-20(19)21(17)16-31-24-12-10-18(14-28)13-22(24)29-15-23(25(31)32)30-26(33)34-27(2,3)4/h5-13,23,29H,15-16H2,1-4H3,(H,30,33)/t23-/m0/s1. The van der Waals surface area contributed by atoms with E-state index >= 15 is 0 Å². The number of alkyl carbamates (subject to hydrolysis) is 1. The van der Waals surface area contributed by atoms with E-state index in [1.54, 1.807) is 43.9 Å². The highest BCUT2D eigenvalue weighted by atomic mass is 16.6. The van der Waals surface area contributed by atoms with Crippen LogP contribution in [0.5, 0.6) is 0 Å². The number of rotatable bonds is 3. The summed E-state index contributed by atoms with van der Waals surface area (Å²) < 4.78 is 5.38. The summed E-state index contributed by atoms with van der Waals surface area (Å²) in [6.07, 6.45) is -0.655. The zero-order chi connectivity index (χ0) is 24.5. The monoisotopic (exact) mass is 456 g/mol. The molecule has 1 aliphatic rings. The van der Waals surface area contributed by atoms with Crippen molar-refractivity contribution >= 4 is 34.1 Å². The van der Waals surface area contributed by atoms with Crippen molar-refractivity contribution in [3.63, 3.8) is 0 Å². The van der Waals surface area contributed by atoms with Crippen LogP contribution in [0.1, 0.15) is 37.5 Å². The Kier molecular flexibility index (Phi) is 6.16. The molecule has 1 aliphatic heterocycles. The highest BCUT2D eigenvalue weighted by molar-refractivity contribution is 6.03. The Morgan fingerprint density at radius 3 is 2.71 bits per heavy atom. The van der Waals surface area contributed by atoms with Crippen molar-refractivity contribution in [2.75, 3.05) is 16.8 Å². The van der Waals surface area contributed by atoms with Gasteiger partial charge in [0, 0.05) is 6.54 Å². The number of carbonyl (C=O) groups excluding carboxylic acids is 2. The summed E-state index contributed by atoms with van der Waals surface area (Å²) in [5.41, 5.74) is 3.22. The lowest BCUT2D eigenvalue weighted by Gasteiger charge is -2.28. The molecule has 174 valence electrons. The quantitative estimate of drug-likeness (QED) is 0.586. The van der Waals surface area contributed by atoms with Gasteiger partial charge in [0.2, 0.25) is 0 Å². The number of nitrogens with zero attached hydrogens (tertiary/aromatic N) is 2. The zero-order valence-electron chi connectivity index (χ0n) is 19.8. The lowest BCUT2D eigenvalue weighted by molar-refractivity contribution is -0.120. The fraction of sp³-hybridized carbons (Fsp3) is 0.296. The van der Waals surface area contributed by atoms with Crippen molar-refractivity contribution in [2.45, 2.75) is 45.9 Å². The number of amides is 2. The van der Waals surface area contributed by atoms with Gasteiger partial charge in [-0.25, -0.2) is 4.79 Å². The molecule has 1 heterocycles. The van der Waals surface area contributed by atoms with Gasteiger partial charge in [-0.2, -0.15) is 5.26 Å². The molecule has 2 amide bonds. The number of hydrogen-bond acceptors (Lipinski definition) is 5. The Hall–Kier alpha value is -4.05. The molecular formula is C27H28N4O3. The number of carbonyl (C=O) groups is 2. The number of anilines is 2. The van der Waals surface area contributed by atoms with Gasteiger partial charge in [-0.1, -0.05) is 36.4 Å². The third-order valence-corrected chi connectivity index (χ3v) is 5.76. The third kappa shape index (κ3) is 4.81. The number of aryl methyl sites for hydroxylation is 1. The van der Waals surface area contributed by atoms with Crippen LogP contribution < -0.4 is 15.5 Å². The molecule has 2 N–H and O–H groups in total. The van der Waals surface area contributed by atoms with Gasteiger partial charge >= 0.3 is 6.09 Å². The second kappa shape index (κ2) is 9.06. The van der Waals surface area contributed by atoms with Crippen molar-refractivity contribution < 1.29 is 14.3 Å². The van der Waals surface area contributed by atoms with Gasteiger partial charge < -0.3 is 20.3 Å². The molecule has 0 saturated heterocycles. The molecular weight excluding hydrogens is 428 g/mol. The lowest BCUT2D eigenvalue weighted by atomic mass is 9.98. The predicted molar refractivity (Wildman–Crippen MR) is 133 cm³/mol. The highest BCUT2D eigenvalue weighted by Gasteiger charge is 2.33. The maximum absolute atomic E-state index is 13.8. The van der Waals surface area contributed by atoms with Gasteiger partial charge in [0.1, 0.15) is 11.6 Å². The molecule has 1 atom stereocenters. The molecule has 7 heteroatoms. The molecule has 3 aromatic carbocycles. The fourth-order valence-electron chi connectivity index (χ4n) is 4.13. The number of benzene rings is 3. The van der Waals surface area contributed by atoms with Crippen LogP contribution in [-0.2, 0) is 16.1 Å². The largest absolute Gasteiger partial charge is 0.444 e. The van der Waals surface area contributed by atoms with Crippen LogP contribution in [0.2, 0.25) is 0 Å². The number of hydrogen-bond donors (Lipinski definition) is 2. The van der Waals surface area contributed by atoms with Crippen LogP contribution in [0, 0.1) is 18.3 Å². The molecule has 0 aromatic heterocycles.